The van der Waals surface area contributed by atoms with Gasteiger partial charge < -0.3 is 9.47 Å². The maximum Gasteiger partial charge on any atom is 0.323 e. The van der Waals surface area contributed by atoms with Crippen LogP contribution in [-0.2, 0) is 20.3 Å². The molecule has 1 N–H and O–H groups in total. The van der Waals surface area contributed by atoms with Crippen molar-refractivity contribution in [3.8, 4) is 5.75 Å². The quantitative estimate of drug-likeness (QED) is 0.841. The van der Waals surface area contributed by atoms with Gasteiger partial charge in [-0.25, -0.2) is 0 Å². The Morgan fingerprint density at radius 1 is 1.40 bits per heavy atom. The molecular weight excluding hydrogens is 278 g/mol. The van der Waals surface area contributed by atoms with E-state index in [0.29, 0.717) is 18.1 Å². The standard InChI is InChI=1S/C14H19NO4S/c1-3-19-13-7-5-4-6-10(13)11-8-20(17)9-12(15-11)14(16)18-2/h4-7,11-12,15H,3,8-9H2,1-2H3. The highest BCUT2D eigenvalue weighted by atomic mass is 32.2. The van der Waals surface area contributed by atoms with Gasteiger partial charge in [0.05, 0.1) is 13.7 Å². The Labute approximate surface area is 121 Å². The lowest BCUT2D eigenvalue weighted by Crippen LogP contribution is -2.49. The molecule has 0 aliphatic carbocycles. The summed E-state index contributed by atoms with van der Waals surface area (Å²) < 4.78 is 22.3. The van der Waals surface area contributed by atoms with E-state index in [4.69, 9.17) is 9.47 Å². The van der Waals surface area contributed by atoms with Crippen molar-refractivity contribution in [1.29, 1.82) is 0 Å². The third-order valence-electron chi connectivity index (χ3n) is 3.19. The molecule has 1 aliphatic rings. The van der Waals surface area contributed by atoms with E-state index < -0.39 is 16.8 Å². The minimum atomic E-state index is -1.05. The van der Waals surface area contributed by atoms with Crippen molar-refractivity contribution in [3.05, 3.63) is 29.8 Å². The van der Waals surface area contributed by atoms with Crippen molar-refractivity contribution in [2.24, 2.45) is 0 Å². The van der Waals surface area contributed by atoms with Gasteiger partial charge in [-0.3, -0.25) is 14.3 Å². The van der Waals surface area contributed by atoms with E-state index in [0.717, 1.165) is 11.3 Å². The molecule has 6 heteroatoms. The van der Waals surface area contributed by atoms with Gasteiger partial charge in [0.25, 0.3) is 0 Å². The fraction of sp³-hybridized carbons (Fsp3) is 0.500. The first-order chi connectivity index (χ1) is 9.65. The summed E-state index contributed by atoms with van der Waals surface area (Å²) in [6.45, 7) is 2.48. The highest BCUT2D eigenvalue weighted by Crippen LogP contribution is 2.28. The fourth-order valence-electron chi connectivity index (χ4n) is 2.29. The third kappa shape index (κ3) is 3.37. The smallest absolute Gasteiger partial charge is 0.323 e. The molecule has 110 valence electrons. The Kier molecular flexibility index (Phi) is 5.14. The fourth-order valence-corrected chi connectivity index (χ4v) is 3.68. The molecule has 1 aromatic rings. The molecule has 0 radical (unpaired) electrons. The Hall–Kier alpha value is -1.40. The van der Waals surface area contributed by atoms with Crippen LogP contribution in [0.5, 0.6) is 5.75 Å². The lowest BCUT2D eigenvalue weighted by Gasteiger charge is -2.30. The van der Waals surface area contributed by atoms with Gasteiger partial charge in [-0.1, -0.05) is 18.2 Å². The van der Waals surface area contributed by atoms with E-state index in [1.54, 1.807) is 0 Å². The zero-order chi connectivity index (χ0) is 14.5. The van der Waals surface area contributed by atoms with Crippen molar-refractivity contribution in [1.82, 2.24) is 5.32 Å². The minimum absolute atomic E-state index is 0.170. The summed E-state index contributed by atoms with van der Waals surface area (Å²) in [5.74, 6) is 1.14. The maximum atomic E-state index is 12.0. The number of carbonyl (C=O) groups is 1. The summed E-state index contributed by atoms with van der Waals surface area (Å²) in [6.07, 6.45) is 0. The molecule has 1 saturated heterocycles. The summed E-state index contributed by atoms with van der Waals surface area (Å²) in [5, 5.41) is 3.20. The Morgan fingerprint density at radius 2 is 2.15 bits per heavy atom. The number of para-hydroxylation sites is 1. The van der Waals surface area contributed by atoms with Crippen LogP contribution in [-0.4, -0.2) is 41.4 Å². The number of carbonyl (C=O) groups excluding carboxylic acids is 1. The summed E-state index contributed by atoms with van der Waals surface area (Å²) in [6, 6.07) is 6.91. The first kappa shape index (κ1) is 15.0. The highest BCUT2D eigenvalue weighted by Gasteiger charge is 2.32. The number of rotatable bonds is 4. The average molecular weight is 297 g/mol. The number of hydrogen-bond donors (Lipinski definition) is 1. The molecule has 0 amide bonds. The Bertz CT molecular complexity index is 506. The summed E-state index contributed by atoms with van der Waals surface area (Å²) in [5.41, 5.74) is 0.927. The molecule has 1 aliphatic heterocycles. The zero-order valence-corrected chi connectivity index (χ0v) is 12.4. The van der Waals surface area contributed by atoms with Crippen molar-refractivity contribution in [2.45, 2.75) is 19.0 Å². The summed E-state index contributed by atoms with van der Waals surface area (Å²) in [7, 11) is 0.284. The molecule has 0 spiro atoms. The van der Waals surface area contributed by atoms with Gasteiger partial charge in [-0.2, -0.15) is 0 Å². The molecule has 0 bridgehead atoms. The van der Waals surface area contributed by atoms with E-state index in [-0.39, 0.29) is 12.0 Å². The number of nitrogens with one attached hydrogen (secondary N) is 1. The van der Waals surface area contributed by atoms with E-state index in [1.807, 2.05) is 31.2 Å². The van der Waals surface area contributed by atoms with Crippen molar-refractivity contribution < 1.29 is 18.5 Å². The van der Waals surface area contributed by atoms with Gasteiger partial charge >= 0.3 is 5.97 Å². The van der Waals surface area contributed by atoms with Crippen LogP contribution >= 0.6 is 0 Å². The molecule has 1 aromatic carbocycles. The first-order valence-electron chi connectivity index (χ1n) is 6.56. The van der Waals surface area contributed by atoms with Crippen LogP contribution in [0, 0.1) is 0 Å². The molecule has 20 heavy (non-hydrogen) atoms. The van der Waals surface area contributed by atoms with Crippen LogP contribution in [0.4, 0.5) is 0 Å². The van der Waals surface area contributed by atoms with Gasteiger partial charge in [0.2, 0.25) is 0 Å². The monoisotopic (exact) mass is 297 g/mol. The van der Waals surface area contributed by atoms with Crippen molar-refractivity contribution >= 4 is 16.8 Å². The van der Waals surface area contributed by atoms with Crippen molar-refractivity contribution in [3.63, 3.8) is 0 Å². The maximum absolute atomic E-state index is 12.0. The zero-order valence-electron chi connectivity index (χ0n) is 11.6. The molecule has 5 nitrogen and oxygen atoms in total. The number of methoxy groups -OCH3 is 1. The van der Waals surface area contributed by atoms with E-state index in [9.17, 15) is 9.00 Å². The Morgan fingerprint density at radius 3 is 2.85 bits per heavy atom. The van der Waals surface area contributed by atoms with Crippen LogP contribution in [0.25, 0.3) is 0 Å². The SMILES string of the molecule is CCOc1ccccc1C1CS(=O)CC(C(=O)OC)N1. The van der Waals surface area contributed by atoms with Gasteiger partial charge in [-0.15, -0.1) is 0 Å². The summed E-state index contributed by atoms with van der Waals surface area (Å²) in [4.78, 5) is 11.6. The van der Waals surface area contributed by atoms with Crippen LogP contribution in [0.15, 0.2) is 24.3 Å². The molecule has 3 atom stereocenters. The predicted molar refractivity (Wildman–Crippen MR) is 77.2 cm³/mol. The number of esters is 1. The van der Waals surface area contributed by atoms with Gasteiger partial charge in [0.15, 0.2) is 0 Å². The van der Waals surface area contributed by atoms with Gasteiger partial charge in [-0.05, 0) is 13.0 Å². The summed E-state index contributed by atoms with van der Waals surface area (Å²) >= 11 is 0. The largest absolute Gasteiger partial charge is 0.494 e. The second-order valence-electron chi connectivity index (χ2n) is 4.54. The van der Waals surface area contributed by atoms with E-state index in [2.05, 4.69) is 5.32 Å². The van der Waals surface area contributed by atoms with E-state index >= 15 is 0 Å². The first-order valence-corrected chi connectivity index (χ1v) is 8.05. The minimum Gasteiger partial charge on any atom is -0.494 e. The normalized spacial score (nSPS) is 26.0. The molecular formula is C14H19NO4S. The van der Waals surface area contributed by atoms with Gasteiger partial charge in [0, 0.05) is 33.9 Å². The van der Waals surface area contributed by atoms with E-state index in [1.165, 1.54) is 7.11 Å². The molecule has 1 heterocycles. The van der Waals surface area contributed by atoms with Crippen LogP contribution in [0.2, 0.25) is 0 Å². The lowest BCUT2D eigenvalue weighted by molar-refractivity contribution is -0.142. The molecule has 0 saturated carbocycles. The number of benzene rings is 1. The van der Waals surface area contributed by atoms with Gasteiger partial charge in [0.1, 0.15) is 11.8 Å². The lowest BCUT2D eigenvalue weighted by atomic mass is 10.1. The second kappa shape index (κ2) is 6.85. The molecule has 0 aromatic heterocycles. The molecule has 3 unspecified atom stereocenters. The molecule has 2 rings (SSSR count). The number of ether oxygens (including phenoxy) is 2. The predicted octanol–water partition coefficient (Wildman–Crippen LogP) is 1.02. The van der Waals surface area contributed by atoms with Crippen molar-refractivity contribution in [2.75, 3.05) is 25.2 Å². The average Bonchev–Trinajstić information content (AvgIpc) is 2.46. The third-order valence-corrected chi connectivity index (χ3v) is 4.60. The Balaban J connectivity index is 2.23. The number of hydrogen-bond acceptors (Lipinski definition) is 5. The van der Waals surface area contributed by atoms with Crippen LogP contribution in [0.1, 0.15) is 18.5 Å². The highest BCUT2D eigenvalue weighted by molar-refractivity contribution is 7.85. The molecule has 1 fully saturated rings. The van der Waals surface area contributed by atoms with Crippen LogP contribution < -0.4 is 10.1 Å². The van der Waals surface area contributed by atoms with Crippen LogP contribution in [0.3, 0.4) is 0 Å². The second-order valence-corrected chi connectivity index (χ2v) is 6.09. The topological polar surface area (TPSA) is 64.6 Å².